The second-order valence-corrected chi connectivity index (χ2v) is 8.48. The molecular formula is C26H22ClN3O9. The zero-order chi connectivity index (χ0) is 28.1. The van der Waals surface area contributed by atoms with Gasteiger partial charge in [0.15, 0.2) is 5.75 Å². The molecule has 0 unspecified atom stereocenters. The van der Waals surface area contributed by atoms with E-state index >= 15 is 0 Å². The fourth-order valence-electron chi connectivity index (χ4n) is 3.71. The Balaban J connectivity index is 1.61. The average molecular weight is 556 g/mol. The van der Waals surface area contributed by atoms with E-state index in [0.29, 0.717) is 10.6 Å². The fourth-order valence-corrected chi connectivity index (χ4v) is 3.90. The van der Waals surface area contributed by atoms with Crippen LogP contribution in [-0.2, 0) is 22.7 Å². The van der Waals surface area contributed by atoms with Gasteiger partial charge in [-0.15, -0.1) is 0 Å². The van der Waals surface area contributed by atoms with Crippen LogP contribution in [0.4, 0.5) is 10.5 Å². The predicted molar refractivity (Wildman–Crippen MR) is 137 cm³/mol. The van der Waals surface area contributed by atoms with Crippen molar-refractivity contribution in [1.29, 1.82) is 0 Å². The quantitative estimate of drug-likeness (QED) is 0.123. The normalized spacial score (nSPS) is 13.9. The number of ether oxygens (including phenoxy) is 3. The van der Waals surface area contributed by atoms with Crippen LogP contribution >= 0.6 is 11.6 Å². The predicted octanol–water partition coefficient (Wildman–Crippen LogP) is 4.70. The number of nitrogens with zero attached hydrogens (tertiary/aromatic N) is 2. The molecule has 1 aromatic heterocycles. The maximum absolute atomic E-state index is 12.9. The number of amides is 3. The summed E-state index contributed by atoms with van der Waals surface area (Å²) in [6.45, 7) is 1.58. The number of nitro groups is 1. The molecule has 4 rings (SSSR count). The molecule has 0 radical (unpaired) electrons. The first-order valence-corrected chi connectivity index (χ1v) is 11.9. The number of benzene rings is 2. The number of imide groups is 1. The molecule has 202 valence electrons. The van der Waals surface area contributed by atoms with Crippen molar-refractivity contribution in [3.8, 4) is 11.5 Å². The van der Waals surface area contributed by atoms with Gasteiger partial charge in [-0.3, -0.25) is 19.8 Å². The van der Waals surface area contributed by atoms with Crippen LogP contribution in [0, 0.1) is 10.1 Å². The van der Waals surface area contributed by atoms with Gasteiger partial charge < -0.3 is 23.9 Å². The van der Waals surface area contributed by atoms with Crippen LogP contribution in [0.1, 0.15) is 34.4 Å². The number of hydrogen-bond donors (Lipinski definition) is 1. The largest absolute Gasteiger partial charge is 0.490 e. The molecule has 2 aromatic carbocycles. The smallest absolute Gasteiger partial charge is 0.373 e. The molecular weight excluding hydrogens is 534 g/mol. The van der Waals surface area contributed by atoms with Crippen LogP contribution in [0.15, 0.2) is 58.6 Å². The number of carbonyl (C=O) groups is 3. The first-order chi connectivity index (χ1) is 18.7. The van der Waals surface area contributed by atoms with E-state index in [9.17, 15) is 24.5 Å². The van der Waals surface area contributed by atoms with Gasteiger partial charge in [0.05, 0.1) is 25.2 Å². The van der Waals surface area contributed by atoms with Gasteiger partial charge in [0.25, 0.3) is 5.91 Å². The van der Waals surface area contributed by atoms with Crippen LogP contribution < -0.4 is 14.8 Å². The summed E-state index contributed by atoms with van der Waals surface area (Å²) in [4.78, 5) is 49.2. The summed E-state index contributed by atoms with van der Waals surface area (Å²) < 4.78 is 21.3. The van der Waals surface area contributed by atoms with Crippen molar-refractivity contribution >= 4 is 41.3 Å². The molecule has 0 atom stereocenters. The van der Waals surface area contributed by atoms with Crippen LogP contribution in [0.2, 0.25) is 5.02 Å². The minimum absolute atomic E-state index is 0.0466. The molecule has 0 aliphatic carbocycles. The number of furan rings is 1. The molecule has 0 saturated carbocycles. The first kappa shape index (κ1) is 27.2. The number of nitro benzene ring substituents is 1. The molecule has 1 aliphatic heterocycles. The van der Waals surface area contributed by atoms with Crippen LogP contribution in [0.5, 0.6) is 11.5 Å². The topological polar surface area (TPSA) is 150 Å². The third-order valence-electron chi connectivity index (χ3n) is 5.52. The summed E-state index contributed by atoms with van der Waals surface area (Å²) in [5.74, 6) is -1.34. The van der Waals surface area contributed by atoms with Crippen molar-refractivity contribution in [2.75, 3.05) is 13.7 Å². The van der Waals surface area contributed by atoms with Gasteiger partial charge in [-0.1, -0.05) is 29.8 Å². The third-order valence-corrected chi connectivity index (χ3v) is 5.89. The first-order valence-electron chi connectivity index (χ1n) is 11.5. The van der Waals surface area contributed by atoms with E-state index in [1.54, 1.807) is 31.2 Å². The highest BCUT2D eigenvalue weighted by Gasteiger charge is 2.35. The number of rotatable bonds is 10. The molecule has 0 bridgehead atoms. The van der Waals surface area contributed by atoms with Crippen molar-refractivity contribution in [3.63, 3.8) is 0 Å². The number of esters is 1. The molecule has 13 heteroatoms. The highest BCUT2D eigenvalue weighted by Crippen LogP contribution is 2.40. The van der Waals surface area contributed by atoms with Crippen molar-refractivity contribution in [2.45, 2.75) is 20.1 Å². The average Bonchev–Trinajstić information content (AvgIpc) is 3.48. The Kier molecular flexibility index (Phi) is 8.15. The molecule has 1 fully saturated rings. The van der Waals surface area contributed by atoms with Gasteiger partial charge in [-0.05, 0) is 42.8 Å². The van der Waals surface area contributed by atoms with Gasteiger partial charge in [0, 0.05) is 16.7 Å². The van der Waals surface area contributed by atoms with E-state index in [0.717, 1.165) is 4.90 Å². The van der Waals surface area contributed by atoms with Crippen molar-refractivity contribution in [2.24, 2.45) is 0 Å². The molecule has 1 aliphatic rings. The second kappa shape index (κ2) is 11.7. The number of urea groups is 1. The monoisotopic (exact) mass is 555 g/mol. The maximum Gasteiger partial charge on any atom is 0.373 e. The minimum Gasteiger partial charge on any atom is -0.490 e. The summed E-state index contributed by atoms with van der Waals surface area (Å²) in [6.07, 6.45) is 1.29. The Bertz CT molecular complexity index is 1480. The van der Waals surface area contributed by atoms with Crippen LogP contribution in [0.25, 0.3) is 6.08 Å². The van der Waals surface area contributed by atoms with Crippen LogP contribution in [-0.4, -0.2) is 41.4 Å². The number of nitrogens with one attached hydrogen (secondary N) is 1. The summed E-state index contributed by atoms with van der Waals surface area (Å²) in [5.41, 5.74) is 0.309. The number of hydrogen-bond acceptors (Lipinski definition) is 9. The lowest BCUT2D eigenvalue weighted by Gasteiger charge is -2.14. The Hall–Kier alpha value is -4.84. The molecule has 2 heterocycles. The summed E-state index contributed by atoms with van der Waals surface area (Å²) in [5, 5.41) is 14.8. The van der Waals surface area contributed by atoms with Gasteiger partial charge in [0.1, 0.15) is 18.1 Å². The molecule has 12 nitrogen and oxygen atoms in total. The highest BCUT2D eigenvalue weighted by atomic mass is 35.5. The van der Waals surface area contributed by atoms with Gasteiger partial charge in [0.2, 0.25) is 11.5 Å². The van der Waals surface area contributed by atoms with Gasteiger partial charge in [-0.2, -0.15) is 0 Å². The zero-order valence-corrected chi connectivity index (χ0v) is 21.5. The highest BCUT2D eigenvalue weighted by molar-refractivity contribution is 6.31. The summed E-state index contributed by atoms with van der Waals surface area (Å²) in [7, 11) is 1.19. The van der Waals surface area contributed by atoms with Crippen molar-refractivity contribution < 1.29 is 37.9 Å². The molecule has 1 saturated heterocycles. The van der Waals surface area contributed by atoms with Gasteiger partial charge >= 0.3 is 17.7 Å². The molecule has 39 heavy (non-hydrogen) atoms. The van der Waals surface area contributed by atoms with Crippen molar-refractivity contribution in [3.05, 3.63) is 92.0 Å². The van der Waals surface area contributed by atoms with Crippen molar-refractivity contribution in [1.82, 2.24) is 10.2 Å². The Morgan fingerprint density at radius 2 is 1.95 bits per heavy atom. The van der Waals surface area contributed by atoms with E-state index in [-0.39, 0.29) is 54.0 Å². The fraction of sp³-hybridized carbons (Fsp3) is 0.192. The second-order valence-electron chi connectivity index (χ2n) is 8.07. The van der Waals surface area contributed by atoms with Gasteiger partial charge in [-0.25, -0.2) is 9.59 Å². The Morgan fingerprint density at radius 1 is 1.18 bits per heavy atom. The number of halogens is 1. The Labute approximate surface area is 226 Å². The Morgan fingerprint density at radius 3 is 2.64 bits per heavy atom. The molecule has 3 amide bonds. The molecule has 0 spiro atoms. The lowest BCUT2D eigenvalue weighted by atomic mass is 10.1. The number of carbonyl (C=O) groups excluding carboxylic acids is 3. The standard InChI is InChI=1S/C26H22ClN3O9/c1-3-37-22-12-15(11-20(30(34)35)23(22)38-14-16-6-4-5-7-18(16)27)10-19-24(31)29(26(33)28-19)13-17-8-9-21(39-17)25(32)36-2/h4-12H,3,13-14H2,1-2H3,(H,28,33)/b19-10-. The maximum atomic E-state index is 12.9. The number of methoxy groups -OCH3 is 1. The summed E-state index contributed by atoms with van der Waals surface area (Å²) >= 11 is 6.17. The van der Waals surface area contributed by atoms with E-state index in [2.05, 4.69) is 10.1 Å². The third kappa shape index (κ3) is 6.02. The van der Waals surface area contributed by atoms with E-state index in [1.165, 1.54) is 37.5 Å². The minimum atomic E-state index is -0.735. The lowest BCUT2D eigenvalue weighted by molar-refractivity contribution is -0.386. The molecule has 1 N–H and O–H groups in total. The van der Waals surface area contributed by atoms with E-state index in [1.807, 2.05) is 0 Å². The molecule has 3 aromatic rings. The van der Waals surface area contributed by atoms with E-state index < -0.39 is 28.5 Å². The van der Waals surface area contributed by atoms with E-state index in [4.69, 9.17) is 25.5 Å². The zero-order valence-electron chi connectivity index (χ0n) is 20.8. The summed E-state index contributed by atoms with van der Waals surface area (Å²) in [6, 6.07) is 11.6. The lowest BCUT2D eigenvalue weighted by Crippen LogP contribution is -2.30. The van der Waals surface area contributed by atoms with Crippen LogP contribution in [0.3, 0.4) is 0 Å². The SMILES string of the molecule is CCOc1cc(/C=C2\NC(=O)N(Cc3ccc(C(=O)OC)o3)C2=O)cc([N+](=O)[O-])c1OCc1ccccc1Cl.